The molecule has 0 saturated carbocycles. The highest BCUT2D eigenvalue weighted by Gasteiger charge is 2.29. The standard InChI is InChI=1S/C20H22F3N3O2/c1-26(14-16-7-9-17(10-8-16)20(21,22)23)12-11-18(27)25-19(28)24-13-15-5-3-2-4-6-15/h2-10H,11-14H2,1H3,(H2,24,25,27,28). The van der Waals surface area contributed by atoms with Crippen LogP contribution in [0.5, 0.6) is 0 Å². The molecule has 0 aliphatic rings. The van der Waals surface area contributed by atoms with Gasteiger partial charge in [0.25, 0.3) is 0 Å². The van der Waals surface area contributed by atoms with Crippen LogP contribution >= 0.6 is 0 Å². The van der Waals surface area contributed by atoms with E-state index in [4.69, 9.17) is 0 Å². The lowest BCUT2D eigenvalue weighted by Gasteiger charge is -2.17. The fourth-order valence-electron chi connectivity index (χ4n) is 2.49. The van der Waals surface area contributed by atoms with Crippen molar-refractivity contribution in [2.24, 2.45) is 0 Å². The molecule has 0 aliphatic carbocycles. The van der Waals surface area contributed by atoms with Gasteiger partial charge in [0, 0.05) is 26.1 Å². The molecule has 0 bridgehead atoms. The van der Waals surface area contributed by atoms with Crippen molar-refractivity contribution >= 4 is 11.9 Å². The number of rotatable bonds is 7. The molecule has 0 aromatic heterocycles. The van der Waals surface area contributed by atoms with Gasteiger partial charge in [0.2, 0.25) is 5.91 Å². The molecule has 2 aromatic carbocycles. The van der Waals surface area contributed by atoms with E-state index in [1.54, 1.807) is 11.9 Å². The smallest absolute Gasteiger partial charge is 0.334 e. The first-order valence-electron chi connectivity index (χ1n) is 8.70. The van der Waals surface area contributed by atoms with Crippen LogP contribution in [0, 0.1) is 0 Å². The summed E-state index contributed by atoms with van der Waals surface area (Å²) in [6.45, 7) is 1.07. The van der Waals surface area contributed by atoms with Gasteiger partial charge in [-0.05, 0) is 30.3 Å². The SMILES string of the molecule is CN(CCC(=O)NC(=O)NCc1ccccc1)Cc1ccc(C(F)(F)F)cc1. The van der Waals surface area contributed by atoms with Crippen molar-refractivity contribution in [3.05, 3.63) is 71.3 Å². The summed E-state index contributed by atoms with van der Waals surface area (Å²) in [7, 11) is 1.75. The number of benzene rings is 2. The molecule has 0 aliphatic heterocycles. The third-order valence-electron chi connectivity index (χ3n) is 4.00. The summed E-state index contributed by atoms with van der Waals surface area (Å²) in [6.07, 6.45) is -4.26. The van der Waals surface area contributed by atoms with Crippen molar-refractivity contribution in [3.8, 4) is 0 Å². The summed E-state index contributed by atoms with van der Waals surface area (Å²) in [4.78, 5) is 25.4. The number of amides is 3. The Balaban J connectivity index is 1.69. The van der Waals surface area contributed by atoms with Gasteiger partial charge in [-0.25, -0.2) is 4.79 Å². The molecule has 5 nitrogen and oxygen atoms in total. The average Bonchev–Trinajstić information content (AvgIpc) is 2.65. The minimum absolute atomic E-state index is 0.0931. The van der Waals surface area contributed by atoms with Gasteiger partial charge in [-0.15, -0.1) is 0 Å². The van der Waals surface area contributed by atoms with Crippen LogP contribution in [0.1, 0.15) is 23.1 Å². The van der Waals surface area contributed by atoms with Crippen molar-refractivity contribution in [1.82, 2.24) is 15.5 Å². The van der Waals surface area contributed by atoms with E-state index in [9.17, 15) is 22.8 Å². The van der Waals surface area contributed by atoms with E-state index < -0.39 is 23.7 Å². The monoisotopic (exact) mass is 393 g/mol. The molecule has 2 rings (SSSR count). The topological polar surface area (TPSA) is 61.4 Å². The second kappa shape index (κ2) is 9.89. The number of alkyl halides is 3. The second-order valence-electron chi connectivity index (χ2n) is 6.40. The van der Waals surface area contributed by atoms with Crippen LogP contribution in [0.3, 0.4) is 0 Å². The summed E-state index contributed by atoms with van der Waals surface area (Å²) in [6, 6.07) is 13.6. The van der Waals surface area contributed by atoms with Gasteiger partial charge in [-0.1, -0.05) is 42.5 Å². The number of carbonyl (C=O) groups excluding carboxylic acids is 2. The molecule has 0 saturated heterocycles. The highest BCUT2D eigenvalue weighted by atomic mass is 19.4. The Kier molecular flexibility index (Phi) is 7.57. The molecule has 3 amide bonds. The minimum Gasteiger partial charge on any atom is -0.334 e. The number of hydrogen-bond acceptors (Lipinski definition) is 3. The molecule has 28 heavy (non-hydrogen) atoms. The summed E-state index contributed by atoms with van der Waals surface area (Å²) in [5.41, 5.74) is 0.928. The lowest BCUT2D eigenvalue weighted by atomic mass is 10.1. The molecule has 150 valence electrons. The molecule has 0 heterocycles. The Labute approximate surface area is 161 Å². The average molecular weight is 393 g/mol. The summed E-state index contributed by atoms with van der Waals surface area (Å²) in [5, 5.41) is 4.85. The van der Waals surface area contributed by atoms with Gasteiger partial charge in [0.1, 0.15) is 0 Å². The first-order chi connectivity index (χ1) is 13.2. The lowest BCUT2D eigenvalue weighted by Crippen LogP contribution is -2.40. The zero-order chi connectivity index (χ0) is 20.6. The Morgan fingerprint density at radius 2 is 1.61 bits per heavy atom. The Bertz CT molecular complexity index is 778. The van der Waals surface area contributed by atoms with Crippen LogP contribution in [0.15, 0.2) is 54.6 Å². The number of nitrogens with one attached hydrogen (secondary N) is 2. The Morgan fingerprint density at radius 1 is 0.964 bits per heavy atom. The van der Waals surface area contributed by atoms with Gasteiger partial charge >= 0.3 is 12.2 Å². The van der Waals surface area contributed by atoms with E-state index in [0.717, 1.165) is 17.7 Å². The molecular weight excluding hydrogens is 371 g/mol. The zero-order valence-electron chi connectivity index (χ0n) is 15.4. The summed E-state index contributed by atoms with van der Waals surface area (Å²) < 4.78 is 37.7. The van der Waals surface area contributed by atoms with E-state index in [-0.39, 0.29) is 6.42 Å². The van der Waals surface area contributed by atoms with E-state index in [2.05, 4.69) is 10.6 Å². The maximum Gasteiger partial charge on any atom is 0.416 e. The van der Waals surface area contributed by atoms with Crippen LogP contribution in [0.2, 0.25) is 0 Å². The normalized spacial score (nSPS) is 11.3. The third-order valence-corrected chi connectivity index (χ3v) is 4.00. The number of nitrogens with zero attached hydrogens (tertiary/aromatic N) is 1. The van der Waals surface area contributed by atoms with Gasteiger partial charge in [-0.2, -0.15) is 13.2 Å². The molecular formula is C20H22F3N3O2. The number of hydrogen-bond donors (Lipinski definition) is 2. The number of imide groups is 1. The summed E-state index contributed by atoms with van der Waals surface area (Å²) in [5.74, 6) is -0.426. The molecule has 8 heteroatoms. The van der Waals surface area contributed by atoms with Gasteiger partial charge < -0.3 is 10.2 Å². The second-order valence-corrected chi connectivity index (χ2v) is 6.40. The van der Waals surface area contributed by atoms with Crippen molar-refractivity contribution < 1.29 is 22.8 Å². The molecule has 0 unspecified atom stereocenters. The van der Waals surface area contributed by atoms with Gasteiger partial charge in [-0.3, -0.25) is 10.1 Å². The third kappa shape index (κ3) is 7.40. The highest BCUT2D eigenvalue weighted by Crippen LogP contribution is 2.29. The maximum atomic E-state index is 12.6. The van der Waals surface area contributed by atoms with E-state index in [1.165, 1.54) is 12.1 Å². The predicted octanol–water partition coefficient (Wildman–Crippen LogP) is 3.55. The molecule has 2 N–H and O–H groups in total. The van der Waals surface area contributed by atoms with Crippen LogP contribution < -0.4 is 10.6 Å². The van der Waals surface area contributed by atoms with Crippen LogP contribution in [-0.2, 0) is 24.1 Å². The van der Waals surface area contributed by atoms with Gasteiger partial charge in [0.15, 0.2) is 0 Å². The predicted molar refractivity (Wildman–Crippen MR) is 99.2 cm³/mol. The number of carbonyl (C=O) groups is 2. The Hall–Kier alpha value is -2.87. The largest absolute Gasteiger partial charge is 0.416 e. The summed E-state index contributed by atoms with van der Waals surface area (Å²) >= 11 is 0. The fourth-order valence-corrected chi connectivity index (χ4v) is 2.49. The first-order valence-corrected chi connectivity index (χ1v) is 8.70. The van der Waals surface area contributed by atoms with Crippen molar-refractivity contribution in [2.45, 2.75) is 25.7 Å². The lowest BCUT2D eigenvalue weighted by molar-refractivity contribution is -0.137. The minimum atomic E-state index is -4.36. The van der Waals surface area contributed by atoms with Crippen LogP contribution in [-0.4, -0.2) is 30.4 Å². The first kappa shape index (κ1) is 21.4. The van der Waals surface area contributed by atoms with E-state index in [0.29, 0.717) is 25.2 Å². The van der Waals surface area contributed by atoms with E-state index >= 15 is 0 Å². The van der Waals surface area contributed by atoms with Crippen molar-refractivity contribution in [2.75, 3.05) is 13.6 Å². The number of urea groups is 1. The van der Waals surface area contributed by atoms with Crippen molar-refractivity contribution in [3.63, 3.8) is 0 Å². The molecule has 0 fully saturated rings. The van der Waals surface area contributed by atoms with Crippen molar-refractivity contribution in [1.29, 1.82) is 0 Å². The molecule has 0 radical (unpaired) electrons. The van der Waals surface area contributed by atoms with Gasteiger partial charge in [0.05, 0.1) is 5.56 Å². The molecule has 2 aromatic rings. The maximum absolute atomic E-state index is 12.6. The fraction of sp³-hybridized carbons (Fsp3) is 0.300. The zero-order valence-corrected chi connectivity index (χ0v) is 15.4. The molecule has 0 spiro atoms. The van der Waals surface area contributed by atoms with Crippen LogP contribution in [0.4, 0.5) is 18.0 Å². The quantitative estimate of drug-likeness (QED) is 0.756. The van der Waals surface area contributed by atoms with Crippen LogP contribution in [0.25, 0.3) is 0 Å². The highest BCUT2D eigenvalue weighted by molar-refractivity contribution is 5.94. The number of halogens is 3. The Morgan fingerprint density at radius 3 is 2.21 bits per heavy atom. The van der Waals surface area contributed by atoms with E-state index in [1.807, 2.05) is 30.3 Å². The molecule has 0 atom stereocenters.